The van der Waals surface area contributed by atoms with Crippen molar-refractivity contribution < 1.29 is 13.7 Å². The Hall–Kier alpha value is -2.58. The zero-order valence-electron chi connectivity index (χ0n) is 8.03. The van der Waals surface area contributed by atoms with Gasteiger partial charge in [0.15, 0.2) is 5.82 Å². The van der Waals surface area contributed by atoms with Crippen LogP contribution in [0.25, 0.3) is 11.4 Å². The van der Waals surface area contributed by atoms with E-state index in [1.807, 2.05) is 10.1 Å². The van der Waals surface area contributed by atoms with Gasteiger partial charge in [-0.1, -0.05) is 0 Å². The molecule has 0 saturated carbocycles. The predicted octanol–water partition coefficient (Wildman–Crippen LogP) is 0.951. The van der Waals surface area contributed by atoms with E-state index in [0.717, 1.165) is 6.07 Å². The molecule has 1 heterocycles. The van der Waals surface area contributed by atoms with Gasteiger partial charge in [-0.2, -0.15) is 9.49 Å². The zero-order chi connectivity index (χ0) is 12.6. The van der Waals surface area contributed by atoms with Crippen molar-refractivity contribution in [2.24, 2.45) is 0 Å². The summed E-state index contributed by atoms with van der Waals surface area (Å²) in [6, 6.07) is 1.42. The average molecular weight is 242 g/mol. The highest BCUT2D eigenvalue weighted by atomic mass is 19.1. The molecular weight excluding hydrogens is 238 g/mol. The third-order valence-corrected chi connectivity index (χ3v) is 2.01. The van der Waals surface area contributed by atoms with Crippen LogP contribution in [0.1, 0.15) is 0 Å². The molecule has 0 amide bonds. The van der Waals surface area contributed by atoms with E-state index < -0.39 is 39.3 Å². The van der Waals surface area contributed by atoms with Crippen LogP contribution in [-0.4, -0.2) is 20.1 Å². The standard InChI is InChI=1S/C8H4F2N4O3/c9-3-1-2-4(14(16)17)6(10)5(3)7-11-8(15)13-12-7/h1-2H,(H2,11,12,13,15). The first-order valence-electron chi connectivity index (χ1n) is 4.28. The Bertz CT molecular complexity index is 648. The van der Waals surface area contributed by atoms with Gasteiger partial charge in [-0.3, -0.25) is 15.1 Å². The Morgan fingerprint density at radius 2 is 2.06 bits per heavy atom. The summed E-state index contributed by atoms with van der Waals surface area (Å²) in [6.07, 6.45) is 0. The number of nitrogens with zero attached hydrogens (tertiary/aromatic N) is 2. The van der Waals surface area contributed by atoms with Gasteiger partial charge in [0.1, 0.15) is 5.82 Å². The van der Waals surface area contributed by atoms with Gasteiger partial charge in [0.2, 0.25) is 5.82 Å². The molecule has 2 rings (SSSR count). The maximum atomic E-state index is 13.6. The monoisotopic (exact) mass is 242 g/mol. The van der Waals surface area contributed by atoms with Gasteiger partial charge >= 0.3 is 11.4 Å². The van der Waals surface area contributed by atoms with Crippen LogP contribution in [0.5, 0.6) is 0 Å². The third kappa shape index (κ3) is 1.77. The maximum absolute atomic E-state index is 13.6. The quantitative estimate of drug-likeness (QED) is 0.604. The fourth-order valence-electron chi connectivity index (χ4n) is 1.29. The summed E-state index contributed by atoms with van der Waals surface area (Å²) in [7, 11) is 0. The average Bonchev–Trinajstić information content (AvgIpc) is 2.64. The van der Waals surface area contributed by atoms with Crippen molar-refractivity contribution in [3.8, 4) is 11.4 Å². The molecule has 2 aromatic rings. The second-order valence-electron chi connectivity index (χ2n) is 3.04. The second-order valence-corrected chi connectivity index (χ2v) is 3.04. The van der Waals surface area contributed by atoms with Crippen molar-refractivity contribution >= 4 is 5.69 Å². The van der Waals surface area contributed by atoms with Gasteiger partial charge in [0.25, 0.3) is 0 Å². The topological polar surface area (TPSA) is 105 Å². The summed E-state index contributed by atoms with van der Waals surface area (Å²) in [5, 5.41) is 15.7. The number of nitro benzene ring substituents is 1. The Morgan fingerprint density at radius 1 is 1.35 bits per heavy atom. The molecule has 1 aromatic heterocycles. The number of hydrogen-bond acceptors (Lipinski definition) is 4. The largest absolute Gasteiger partial charge is 0.340 e. The number of hydrogen-bond donors (Lipinski definition) is 2. The molecule has 9 heteroatoms. The molecule has 0 aliphatic rings. The molecule has 0 saturated heterocycles. The van der Waals surface area contributed by atoms with Crippen LogP contribution in [0, 0.1) is 21.7 Å². The molecular formula is C8H4F2N4O3. The number of benzene rings is 1. The van der Waals surface area contributed by atoms with Crippen LogP contribution < -0.4 is 5.69 Å². The fourth-order valence-corrected chi connectivity index (χ4v) is 1.29. The molecule has 17 heavy (non-hydrogen) atoms. The third-order valence-electron chi connectivity index (χ3n) is 2.01. The van der Waals surface area contributed by atoms with Crippen LogP contribution in [0.4, 0.5) is 14.5 Å². The number of halogens is 2. The van der Waals surface area contributed by atoms with Crippen molar-refractivity contribution in [2.75, 3.05) is 0 Å². The number of nitro groups is 1. The summed E-state index contributed by atoms with van der Waals surface area (Å²) < 4.78 is 27.0. The summed E-state index contributed by atoms with van der Waals surface area (Å²) in [6.45, 7) is 0. The first kappa shape index (κ1) is 10.9. The Balaban J connectivity index is 2.72. The van der Waals surface area contributed by atoms with E-state index in [2.05, 4.69) is 5.10 Å². The number of aromatic amines is 2. The fraction of sp³-hybridized carbons (Fsp3) is 0. The van der Waals surface area contributed by atoms with E-state index in [1.54, 1.807) is 0 Å². The van der Waals surface area contributed by atoms with Gasteiger partial charge in [-0.05, 0) is 6.07 Å². The molecule has 7 nitrogen and oxygen atoms in total. The van der Waals surface area contributed by atoms with E-state index in [4.69, 9.17) is 0 Å². The summed E-state index contributed by atoms with van der Waals surface area (Å²) >= 11 is 0. The molecule has 0 unspecified atom stereocenters. The maximum Gasteiger partial charge on any atom is 0.340 e. The lowest BCUT2D eigenvalue weighted by atomic mass is 10.1. The molecule has 1 aromatic carbocycles. The SMILES string of the molecule is O=c1[nH]nc(-c2c(F)ccc([N+](=O)[O-])c2F)[nH]1. The van der Waals surface area contributed by atoms with Crippen LogP contribution in [0.15, 0.2) is 16.9 Å². The van der Waals surface area contributed by atoms with Crippen molar-refractivity contribution in [1.29, 1.82) is 0 Å². The molecule has 0 fully saturated rings. The van der Waals surface area contributed by atoms with Crippen molar-refractivity contribution in [3.05, 3.63) is 44.4 Å². The van der Waals surface area contributed by atoms with Crippen LogP contribution >= 0.6 is 0 Å². The number of aromatic nitrogens is 3. The number of H-pyrrole nitrogens is 2. The summed E-state index contributed by atoms with van der Waals surface area (Å²) in [4.78, 5) is 22.2. The highest BCUT2D eigenvalue weighted by molar-refractivity contribution is 5.61. The second kappa shape index (κ2) is 3.77. The van der Waals surface area contributed by atoms with E-state index in [0.29, 0.717) is 6.07 Å². The molecule has 0 aliphatic carbocycles. The van der Waals surface area contributed by atoms with E-state index in [1.165, 1.54) is 0 Å². The van der Waals surface area contributed by atoms with Gasteiger partial charge in [0.05, 0.1) is 10.5 Å². The van der Waals surface area contributed by atoms with Gasteiger partial charge in [-0.15, -0.1) is 0 Å². The van der Waals surface area contributed by atoms with Crippen molar-refractivity contribution in [1.82, 2.24) is 15.2 Å². The van der Waals surface area contributed by atoms with Crippen molar-refractivity contribution in [3.63, 3.8) is 0 Å². The first-order chi connectivity index (χ1) is 8.00. The van der Waals surface area contributed by atoms with Gasteiger partial charge < -0.3 is 0 Å². The zero-order valence-corrected chi connectivity index (χ0v) is 8.03. The molecule has 2 N–H and O–H groups in total. The van der Waals surface area contributed by atoms with E-state index in [-0.39, 0.29) is 0 Å². The first-order valence-corrected chi connectivity index (χ1v) is 4.28. The molecule has 0 bridgehead atoms. The molecule has 0 aliphatic heterocycles. The Kier molecular flexibility index (Phi) is 2.42. The lowest BCUT2D eigenvalue weighted by Gasteiger charge is -2.01. The van der Waals surface area contributed by atoms with Gasteiger partial charge in [0, 0.05) is 6.07 Å². The van der Waals surface area contributed by atoms with Crippen LogP contribution in [0.2, 0.25) is 0 Å². The minimum atomic E-state index is -1.39. The number of rotatable bonds is 2. The Labute approximate surface area is 91.3 Å². The lowest BCUT2D eigenvalue weighted by Crippen LogP contribution is -2.02. The summed E-state index contributed by atoms with van der Waals surface area (Å²) in [5.41, 5.74) is -2.42. The lowest BCUT2D eigenvalue weighted by molar-refractivity contribution is -0.387. The minimum Gasteiger partial charge on any atom is -0.289 e. The summed E-state index contributed by atoms with van der Waals surface area (Å²) in [5.74, 6) is -2.89. The van der Waals surface area contributed by atoms with Gasteiger partial charge in [-0.25, -0.2) is 14.3 Å². The molecule has 0 spiro atoms. The molecule has 0 atom stereocenters. The van der Waals surface area contributed by atoms with E-state index in [9.17, 15) is 23.7 Å². The molecule has 88 valence electrons. The highest BCUT2D eigenvalue weighted by Gasteiger charge is 2.24. The highest BCUT2D eigenvalue weighted by Crippen LogP contribution is 2.28. The number of nitrogens with one attached hydrogen (secondary N) is 2. The Morgan fingerprint density at radius 3 is 2.59 bits per heavy atom. The minimum absolute atomic E-state index is 0.436. The van der Waals surface area contributed by atoms with Crippen molar-refractivity contribution in [2.45, 2.75) is 0 Å². The van der Waals surface area contributed by atoms with E-state index >= 15 is 0 Å². The molecule has 0 radical (unpaired) electrons. The smallest absolute Gasteiger partial charge is 0.289 e. The van der Waals surface area contributed by atoms with Crippen LogP contribution in [0.3, 0.4) is 0 Å². The van der Waals surface area contributed by atoms with Crippen LogP contribution in [-0.2, 0) is 0 Å². The normalized spacial score (nSPS) is 10.5. The predicted molar refractivity (Wildman–Crippen MR) is 51.2 cm³/mol.